The Bertz CT molecular complexity index is 545. The number of ether oxygens (including phenoxy) is 1. The molecule has 0 aliphatic rings. The van der Waals surface area contributed by atoms with Crippen LogP contribution in [0.4, 0.5) is 5.69 Å². The number of nitrogens with two attached hydrogens (primary N) is 1. The number of aliphatic hydroxyl groups is 1. The summed E-state index contributed by atoms with van der Waals surface area (Å²) in [6, 6.07) is 4.38. The lowest BCUT2D eigenvalue weighted by atomic mass is 9.96. The van der Waals surface area contributed by atoms with Gasteiger partial charge < -0.3 is 15.6 Å². The minimum Gasteiger partial charge on any atom is -0.497 e. The summed E-state index contributed by atoms with van der Waals surface area (Å²) in [5.41, 5.74) is 5.00. The van der Waals surface area contributed by atoms with Gasteiger partial charge in [-0.25, -0.2) is 13.1 Å². The second-order valence-corrected chi connectivity index (χ2v) is 6.31. The average molecular weight is 302 g/mol. The molecule has 20 heavy (non-hydrogen) atoms. The topological polar surface area (TPSA) is 102 Å². The van der Waals surface area contributed by atoms with Crippen molar-refractivity contribution in [3.63, 3.8) is 0 Å². The van der Waals surface area contributed by atoms with Crippen molar-refractivity contribution in [1.29, 1.82) is 0 Å². The van der Waals surface area contributed by atoms with Gasteiger partial charge in [0.1, 0.15) is 10.6 Å². The lowest BCUT2D eigenvalue weighted by molar-refractivity contribution is 0.172. The van der Waals surface area contributed by atoms with Crippen molar-refractivity contribution in [2.75, 3.05) is 19.5 Å². The maximum absolute atomic E-state index is 12.4. The summed E-state index contributed by atoms with van der Waals surface area (Å²) in [5, 5.41) is 9.46. The number of anilines is 1. The first kappa shape index (κ1) is 16.7. The lowest BCUT2D eigenvalue weighted by Crippen LogP contribution is -2.50. The molecule has 1 aromatic carbocycles. The van der Waals surface area contributed by atoms with Crippen LogP contribution in [0.25, 0.3) is 0 Å². The number of benzene rings is 1. The maximum atomic E-state index is 12.4. The van der Waals surface area contributed by atoms with Gasteiger partial charge in [0.25, 0.3) is 0 Å². The van der Waals surface area contributed by atoms with Crippen molar-refractivity contribution in [3.8, 4) is 5.75 Å². The summed E-state index contributed by atoms with van der Waals surface area (Å²) >= 11 is 0. The Hall–Kier alpha value is -1.31. The summed E-state index contributed by atoms with van der Waals surface area (Å²) in [5.74, 6) is 0.487. The Labute approximate surface area is 120 Å². The number of hydrogen-bond acceptors (Lipinski definition) is 5. The minimum absolute atomic E-state index is 0.0157. The van der Waals surface area contributed by atoms with Gasteiger partial charge in [-0.1, -0.05) is 13.8 Å². The predicted molar refractivity (Wildman–Crippen MR) is 78.1 cm³/mol. The van der Waals surface area contributed by atoms with Crippen molar-refractivity contribution in [2.45, 2.75) is 37.1 Å². The molecule has 0 saturated heterocycles. The number of nitrogen functional groups attached to an aromatic ring is 1. The van der Waals surface area contributed by atoms with E-state index in [1.165, 1.54) is 25.3 Å². The molecule has 0 heterocycles. The third-order valence-corrected chi connectivity index (χ3v) is 5.17. The van der Waals surface area contributed by atoms with Gasteiger partial charge in [-0.15, -0.1) is 0 Å². The molecule has 114 valence electrons. The van der Waals surface area contributed by atoms with Gasteiger partial charge >= 0.3 is 0 Å². The Morgan fingerprint density at radius 1 is 1.35 bits per heavy atom. The van der Waals surface area contributed by atoms with Crippen LogP contribution in [0.1, 0.15) is 26.7 Å². The molecule has 0 fully saturated rings. The quantitative estimate of drug-likeness (QED) is 0.655. The van der Waals surface area contributed by atoms with Crippen LogP contribution in [0.15, 0.2) is 23.1 Å². The third kappa shape index (κ3) is 3.41. The number of sulfonamides is 1. The van der Waals surface area contributed by atoms with Crippen LogP contribution in [-0.2, 0) is 10.0 Å². The maximum Gasteiger partial charge on any atom is 0.243 e. The summed E-state index contributed by atoms with van der Waals surface area (Å²) < 4.78 is 32.3. The van der Waals surface area contributed by atoms with E-state index in [4.69, 9.17) is 10.5 Å². The normalized spacial score (nSPS) is 12.4. The number of aliphatic hydroxyl groups excluding tert-OH is 1. The Kier molecular flexibility index (Phi) is 5.38. The Morgan fingerprint density at radius 3 is 2.35 bits per heavy atom. The molecule has 0 spiro atoms. The summed E-state index contributed by atoms with van der Waals surface area (Å²) in [4.78, 5) is -0.0157. The molecule has 0 atom stereocenters. The molecule has 0 saturated carbocycles. The largest absolute Gasteiger partial charge is 0.497 e. The molecule has 4 N–H and O–H groups in total. The van der Waals surface area contributed by atoms with E-state index in [9.17, 15) is 13.5 Å². The van der Waals surface area contributed by atoms with Crippen molar-refractivity contribution < 1.29 is 18.3 Å². The number of methoxy groups -OCH3 is 1. The predicted octanol–water partition coefficient (Wildman–Crippen LogP) is 1.11. The first-order valence-electron chi connectivity index (χ1n) is 6.42. The van der Waals surface area contributed by atoms with Gasteiger partial charge in [0.15, 0.2) is 0 Å². The highest BCUT2D eigenvalue weighted by Crippen LogP contribution is 2.26. The van der Waals surface area contributed by atoms with Crippen LogP contribution in [0.2, 0.25) is 0 Å². The highest BCUT2D eigenvalue weighted by Gasteiger charge is 2.32. The molecule has 1 aromatic rings. The van der Waals surface area contributed by atoms with Gasteiger partial charge in [-0.3, -0.25) is 0 Å². The van der Waals surface area contributed by atoms with Gasteiger partial charge in [-0.05, 0) is 25.0 Å². The standard InChI is InChI=1S/C13H22N2O4S/c1-4-13(5-2,9-16)15-20(17,18)12-7-6-10(19-3)8-11(12)14/h6-8,15-16H,4-5,9,14H2,1-3H3. The molecule has 0 unspecified atom stereocenters. The van der Waals surface area contributed by atoms with E-state index in [0.717, 1.165) is 0 Å². The second-order valence-electron chi connectivity index (χ2n) is 4.65. The fourth-order valence-corrected chi connectivity index (χ4v) is 3.54. The zero-order valence-corrected chi connectivity index (χ0v) is 12.8. The van der Waals surface area contributed by atoms with Crippen LogP contribution in [0.5, 0.6) is 5.75 Å². The average Bonchev–Trinajstić information content (AvgIpc) is 2.44. The summed E-state index contributed by atoms with van der Waals surface area (Å²) in [7, 11) is -2.32. The molecule has 6 nitrogen and oxygen atoms in total. The molecule has 0 aliphatic heterocycles. The number of nitrogens with one attached hydrogen (secondary N) is 1. The van der Waals surface area contributed by atoms with E-state index in [0.29, 0.717) is 18.6 Å². The minimum atomic E-state index is -3.80. The van der Waals surface area contributed by atoms with Gasteiger partial charge in [0, 0.05) is 6.07 Å². The van der Waals surface area contributed by atoms with Gasteiger partial charge in [-0.2, -0.15) is 0 Å². The van der Waals surface area contributed by atoms with Crippen LogP contribution in [0, 0.1) is 0 Å². The summed E-state index contributed by atoms with van der Waals surface area (Å²) in [6.07, 6.45) is 0.963. The second kappa shape index (κ2) is 6.43. The molecule has 0 radical (unpaired) electrons. The van der Waals surface area contributed by atoms with E-state index < -0.39 is 15.6 Å². The molecule has 1 rings (SSSR count). The molecule has 0 aromatic heterocycles. The molecule has 7 heteroatoms. The SMILES string of the molecule is CCC(CC)(CO)NS(=O)(=O)c1ccc(OC)cc1N. The lowest BCUT2D eigenvalue weighted by Gasteiger charge is -2.30. The van der Waals surface area contributed by atoms with Crippen molar-refractivity contribution in [3.05, 3.63) is 18.2 Å². The van der Waals surface area contributed by atoms with E-state index >= 15 is 0 Å². The number of rotatable bonds is 7. The van der Waals surface area contributed by atoms with Crippen LogP contribution in [-0.4, -0.2) is 32.8 Å². The first-order chi connectivity index (χ1) is 9.34. The molecule has 0 amide bonds. The van der Waals surface area contributed by atoms with Crippen molar-refractivity contribution in [2.24, 2.45) is 0 Å². The number of hydrogen-bond donors (Lipinski definition) is 3. The van der Waals surface area contributed by atoms with Crippen LogP contribution < -0.4 is 15.2 Å². The third-order valence-electron chi connectivity index (χ3n) is 3.51. The Balaban J connectivity index is 3.17. The zero-order valence-electron chi connectivity index (χ0n) is 12.0. The van der Waals surface area contributed by atoms with Crippen molar-refractivity contribution in [1.82, 2.24) is 4.72 Å². The molecular formula is C13H22N2O4S. The monoisotopic (exact) mass is 302 g/mol. The first-order valence-corrected chi connectivity index (χ1v) is 7.90. The molecule has 0 aliphatic carbocycles. The van der Waals surface area contributed by atoms with Gasteiger partial charge in [0.05, 0.1) is 24.9 Å². The molecule has 0 bridgehead atoms. The highest BCUT2D eigenvalue weighted by atomic mass is 32.2. The van der Waals surface area contributed by atoms with E-state index in [1.54, 1.807) is 0 Å². The fraction of sp³-hybridized carbons (Fsp3) is 0.538. The van der Waals surface area contributed by atoms with Crippen LogP contribution in [0.3, 0.4) is 0 Å². The van der Waals surface area contributed by atoms with Gasteiger partial charge in [0.2, 0.25) is 10.0 Å². The highest BCUT2D eigenvalue weighted by molar-refractivity contribution is 7.89. The molecular weight excluding hydrogens is 280 g/mol. The smallest absolute Gasteiger partial charge is 0.243 e. The van der Waals surface area contributed by atoms with E-state index in [-0.39, 0.29) is 17.2 Å². The summed E-state index contributed by atoms with van der Waals surface area (Å²) in [6.45, 7) is 3.37. The fourth-order valence-electron chi connectivity index (χ4n) is 1.89. The van der Waals surface area contributed by atoms with E-state index in [1.807, 2.05) is 13.8 Å². The van der Waals surface area contributed by atoms with Crippen LogP contribution >= 0.6 is 0 Å². The van der Waals surface area contributed by atoms with Crippen molar-refractivity contribution >= 4 is 15.7 Å². The van der Waals surface area contributed by atoms with E-state index in [2.05, 4.69) is 4.72 Å². The Morgan fingerprint density at radius 2 is 1.95 bits per heavy atom. The zero-order chi connectivity index (χ0) is 15.4.